The van der Waals surface area contributed by atoms with Crippen LogP contribution in [0, 0.1) is 0 Å². The standard InChI is InChI=1S/C11H18N5/c1-8(2)9-4-3-5-10-11(16(12,13)14)6-7-15(9)10/h3-8H,12-14H2,1-2H3/q+1. The summed E-state index contributed by atoms with van der Waals surface area (Å²) in [5.41, 5.74) is 2.85. The number of nitrogens with two attached hydrogens (primary N) is 3. The van der Waals surface area contributed by atoms with Gasteiger partial charge in [0.05, 0.1) is 0 Å². The smallest absolute Gasteiger partial charge is 0.217 e. The van der Waals surface area contributed by atoms with Gasteiger partial charge in [0.1, 0.15) is 5.52 Å². The van der Waals surface area contributed by atoms with Crippen molar-refractivity contribution in [3.05, 3.63) is 36.2 Å². The van der Waals surface area contributed by atoms with Gasteiger partial charge in [-0.1, -0.05) is 24.7 Å². The number of fused-ring (bicyclic) bond motifs is 1. The predicted molar refractivity (Wildman–Crippen MR) is 65.8 cm³/mol. The van der Waals surface area contributed by atoms with Gasteiger partial charge in [-0.2, -0.15) is 0 Å². The van der Waals surface area contributed by atoms with Crippen LogP contribution < -0.4 is 22.3 Å². The molecule has 0 radical (unpaired) electrons. The molecule has 0 fully saturated rings. The third-order valence-corrected chi connectivity index (χ3v) is 2.71. The van der Waals surface area contributed by atoms with E-state index in [4.69, 9.17) is 17.5 Å². The lowest BCUT2D eigenvalue weighted by molar-refractivity contribution is 0.304. The van der Waals surface area contributed by atoms with Gasteiger partial charge in [0.15, 0.2) is 0 Å². The molecule has 0 aliphatic rings. The Bertz CT molecular complexity index is 507. The molecule has 0 spiro atoms. The van der Waals surface area contributed by atoms with E-state index < -0.39 is 4.81 Å². The van der Waals surface area contributed by atoms with Gasteiger partial charge >= 0.3 is 0 Å². The number of hydrogen-bond acceptors (Lipinski definition) is 3. The Morgan fingerprint density at radius 2 is 1.81 bits per heavy atom. The summed E-state index contributed by atoms with van der Waals surface area (Å²) < 4.78 is 2.07. The van der Waals surface area contributed by atoms with Crippen LogP contribution in [0.4, 0.5) is 5.69 Å². The SMILES string of the molecule is CC(C)c1cccc2c([N+](N)(N)N)ccn12. The average Bonchev–Trinajstić information content (AvgIpc) is 2.59. The van der Waals surface area contributed by atoms with Gasteiger partial charge < -0.3 is 4.40 Å². The minimum absolute atomic E-state index is 0.430. The Labute approximate surface area is 94.5 Å². The molecule has 2 aromatic rings. The van der Waals surface area contributed by atoms with E-state index >= 15 is 0 Å². The maximum Gasteiger partial charge on any atom is 0.217 e. The first-order chi connectivity index (χ1) is 7.41. The summed E-state index contributed by atoms with van der Waals surface area (Å²) in [5, 5.41) is 0. The van der Waals surface area contributed by atoms with Crippen molar-refractivity contribution >= 4 is 11.2 Å². The van der Waals surface area contributed by atoms with Crippen LogP contribution in [-0.2, 0) is 0 Å². The van der Waals surface area contributed by atoms with Crippen LogP contribution in [0.15, 0.2) is 30.5 Å². The molecule has 16 heavy (non-hydrogen) atoms. The van der Waals surface area contributed by atoms with E-state index in [1.54, 1.807) is 0 Å². The molecule has 2 aromatic heterocycles. The largest absolute Gasteiger partial charge is 0.315 e. The molecule has 0 amide bonds. The molecule has 2 heterocycles. The summed E-state index contributed by atoms with van der Waals surface area (Å²) in [6.07, 6.45) is 1.94. The van der Waals surface area contributed by atoms with E-state index in [0.29, 0.717) is 11.6 Å². The molecule has 0 bridgehead atoms. The highest BCUT2D eigenvalue weighted by Gasteiger charge is 2.22. The van der Waals surface area contributed by atoms with Crippen molar-refractivity contribution < 1.29 is 0 Å². The van der Waals surface area contributed by atoms with Gasteiger partial charge in [0, 0.05) is 18.0 Å². The number of rotatable bonds is 2. The van der Waals surface area contributed by atoms with Crippen LogP contribution >= 0.6 is 0 Å². The van der Waals surface area contributed by atoms with Crippen LogP contribution in [-0.4, -0.2) is 4.40 Å². The zero-order valence-corrected chi connectivity index (χ0v) is 9.59. The Morgan fingerprint density at radius 1 is 1.12 bits per heavy atom. The summed E-state index contributed by atoms with van der Waals surface area (Å²) in [6, 6.07) is 7.88. The number of pyridine rings is 1. The first-order valence-electron chi connectivity index (χ1n) is 5.26. The molecule has 2 rings (SSSR count). The Morgan fingerprint density at radius 3 is 2.38 bits per heavy atom. The maximum absolute atomic E-state index is 5.67. The summed E-state index contributed by atoms with van der Waals surface area (Å²) in [5.74, 6) is 17.4. The van der Waals surface area contributed by atoms with Gasteiger partial charge in [-0.3, -0.25) is 0 Å². The molecule has 0 atom stereocenters. The first kappa shape index (κ1) is 11.1. The van der Waals surface area contributed by atoms with Crippen LogP contribution in [0.5, 0.6) is 0 Å². The third-order valence-electron chi connectivity index (χ3n) is 2.71. The highest BCUT2D eigenvalue weighted by Crippen LogP contribution is 2.25. The summed E-state index contributed by atoms with van der Waals surface area (Å²) >= 11 is 0. The summed E-state index contributed by atoms with van der Waals surface area (Å²) in [7, 11) is 0. The van der Waals surface area contributed by atoms with Gasteiger partial charge in [-0.15, -0.1) is 17.5 Å². The Hall–Kier alpha value is -1.40. The number of quaternary nitrogens is 1. The Balaban J connectivity index is 2.71. The van der Waals surface area contributed by atoms with Crippen molar-refractivity contribution in [2.24, 2.45) is 17.5 Å². The van der Waals surface area contributed by atoms with Crippen molar-refractivity contribution in [1.82, 2.24) is 9.21 Å². The summed E-state index contributed by atoms with van der Waals surface area (Å²) in [6.45, 7) is 4.29. The van der Waals surface area contributed by atoms with Crippen molar-refractivity contribution in [1.29, 1.82) is 0 Å². The molecule has 0 aliphatic carbocycles. The average molecular weight is 220 g/mol. The zero-order valence-electron chi connectivity index (χ0n) is 9.59. The molecule has 0 aliphatic heterocycles. The molecule has 5 heteroatoms. The van der Waals surface area contributed by atoms with Crippen LogP contribution in [0.25, 0.3) is 5.52 Å². The molecule has 86 valence electrons. The minimum Gasteiger partial charge on any atom is -0.315 e. The molecule has 0 aromatic carbocycles. The number of nitrogens with zero attached hydrogens (tertiary/aromatic N) is 2. The fraction of sp³-hybridized carbons (Fsp3) is 0.273. The topological polar surface area (TPSA) is 82.5 Å². The van der Waals surface area contributed by atoms with Gasteiger partial charge in [-0.25, -0.2) is 0 Å². The highest BCUT2D eigenvalue weighted by molar-refractivity contribution is 5.71. The first-order valence-corrected chi connectivity index (χ1v) is 5.26. The maximum atomic E-state index is 5.67. The third kappa shape index (κ3) is 1.70. The molecule has 6 N–H and O–H groups in total. The van der Waals surface area contributed by atoms with Gasteiger partial charge in [-0.05, 0) is 18.1 Å². The second-order valence-electron chi connectivity index (χ2n) is 4.40. The van der Waals surface area contributed by atoms with Gasteiger partial charge in [0.2, 0.25) is 5.69 Å². The fourth-order valence-electron chi connectivity index (χ4n) is 1.94. The van der Waals surface area contributed by atoms with Crippen molar-refractivity contribution in [2.45, 2.75) is 19.8 Å². The molecule has 5 nitrogen and oxygen atoms in total. The molecular formula is C11H18N5+. The number of hydrogen-bond donors (Lipinski definition) is 3. The van der Waals surface area contributed by atoms with E-state index in [9.17, 15) is 0 Å². The zero-order chi connectivity index (χ0) is 11.9. The molecule has 0 saturated carbocycles. The number of aromatic nitrogens is 1. The second kappa shape index (κ2) is 3.57. The lowest BCUT2D eigenvalue weighted by Crippen LogP contribution is -2.67. The molecular weight excluding hydrogens is 202 g/mol. The molecule has 0 unspecified atom stereocenters. The van der Waals surface area contributed by atoms with Crippen molar-refractivity contribution in [3.8, 4) is 0 Å². The Kier molecular flexibility index (Phi) is 2.47. The van der Waals surface area contributed by atoms with Crippen LogP contribution in [0.2, 0.25) is 0 Å². The van der Waals surface area contributed by atoms with Crippen molar-refractivity contribution in [2.75, 3.05) is 0 Å². The quantitative estimate of drug-likeness (QED) is 0.401. The minimum atomic E-state index is -0.641. The highest BCUT2D eigenvalue weighted by atomic mass is 15.9. The van der Waals surface area contributed by atoms with Crippen LogP contribution in [0.3, 0.4) is 0 Å². The lowest BCUT2D eigenvalue weighted by Gasteiger charge is -2.18. The van der Waals surface area contributed by atoms with E-state index in [0.717, 1.165) is 5.52 Å². The second-order valence-corrected chi connectivity index (χ2v) is 4.40. The van der Waals surface area contributed by atoms with Gasteiger partial charge in [0.25, 0.3) is 0 Å². The normalized spacial score (nSPS) is 12.6. The van der Waals surface area contributed by atoms with E-state index in [1.165, 1.54) is 5.69 Å². The molecule has 0 saturated heterocycles. The lowest BCUT2D eigenvalue weighted by atomic mass is 10.1. The monoisotopic (exact) mass is 220 g/mol. The summed E-state index contributed by atoms with van der Waals surface area (Å²) in [4.78, 5) is -0.641. The van der Waals surface area contributed by atoms with Crippen molar-refractivity contribution in [3.63, 3.8) is 0 Å². The van der Waals surface area contributed by atoms with E-state index in [-0.39, 0.29) is 0 Å². The van der Waals surface area contributed by atoms with E-state index in [2.05, 4.69) is 24.3 Å². The van der Waals surface area contributed by atoms with E-state index in [1.807, 2.05) is 24.4 Å². The predicted octanol–water partition coefficient (Wildman–Crippen LogP) is 0.991. The van der Waals surface area contributed by atoms with Crippen LogP contribution in [0.1, 0.15) is 25.5 Å². The fourth-order valence-corrected chi connectivity index (χ4v) is 1.94.